The molecule has 0 bridgehead atoms. The fourth-order valence-electron chi connectivity index (χ4n) is 2.24. The Morgan fingerprint density at radius 3 is 2.55 bits per heavy atom. The molecule has 3 heteroatoms. The standard InChI is InChI=1S/C17H18Cl2O/c1-20-17-11-10-15(18)12-14(17)8-5-9-16(19)13-6-3-2-4-7-13/h2-4,6-7,10-12,16H,5,8-9H2,1H3. The van der Waals surface area contributed by atoms with Crippen LogP contribution in [-0.4, -0.2) is 7.11 Å². The molecule has 1 unspecified atom stereocenters. The van der Waals surface area contributed by atoms with Crippen LogP contribution in [0.4, 0.5) is 0 Å². The summed E-state index contributed by atoms with van der Waals surface area (Å²) in [7, 11) is 1.68. The monoisotopic (exact) mass is 308 g/mol. The van der Waals surface area contributed by atoms with E-state index in [1.54, 1.807) is 7.11 Å². The van der Waals surface area contributed by atoms with Crippen molar-refractivity contribution in [1.29, 1.82) is 0 Å². The maximum absolute atomic E-state index is 6.42. The van der Waals surface area contributed by atoms with Crippen molar-refractivity contribution in [2.24, 2.45) is 0 Å². The summed E-state index contributed by atoms with van der Waals surface area (Å²) in [6, 6.07) is 15.9. The molecular formula is C17H18Cl2O. The van der Waals surface area contributed by atoms with E-state index in [0.717, 1.165) is 35.6 Å². The Bertz CT molecular complexity index is 540. The molecule has 0 saturated heterocycles. The van der Waals surface area contributed by atoms with Gasteiger partial charge in [-0.15, -0.1) is 11.6 Å². The SMILES string of the molecule is COc1ccc(Cl)cc1CCCC(Cl)c1ccccc1. The van der Waals surface area contributed by atoms with Crippen LogP contribution in [0.2, 0.25) is 5.02 Å². The topological polar surface area (TPSA) is 9.23 Å². The van der Waals surface area contributed by atoms with E-state index >= 15 is 0 Å². The van der Waals surface area contributed by atoms with Crippen LogP contribution < -0.4 is 4.74 Å². The molecule has 0 heterocycles. The number of hydrogen-bond donors (Lipinski definition) is 0. The molecule has 0 aliphatic carbocycles. The van der Waals surface area contributed by atoms with E-state index in [-0.39, 0.29) is 5.38 Å². The van der Waals surface area contributed by atoms with Gasteiger partial charge in [-0.2, -0.15) is 0 Å². The molecule has 1 atom stereocenters. The van der Waals surface area contributed by atoms with Gasteiger partial charge in [0.2, 0.25) is 0 Å². The smallest absolute Gasteiger partial charge is 0.122 e. The Morgan fingerprint density at radius 1 is 1.10 bits per heavy atom. The fraction of sp³-hybridized carbons (Fsp3) is 0.294. The largest absolute Gasteiger partial charge is 0.496 e. The summed E-state index contributed by atoms with van der Waals surface area (Å²) >= 11 is 12.4. The van der Waals surface area contributed by atoms with Gasteiger partial charge < -0.3 is 4.74 Å². The summed E-state index contributed by atoms with van der Waals surface area (Å²) in [4.78, 5) is 0. The van der Waals surface area contributed by atoms with E-state index < -0.39 is 0 Å². The number of methoxy groups -OCH3 is 1. The molecule has 0 N–H and O–H groups in total. The summed E-state index contributed by atoms with van der Waals surface area (Å²) in [5, 5.41) is 0.799. The Balaban J connectivity index is 1.91. The Hall–Kier alpha value is -1.18. The highest BCUT2D eigenvalue weighted by Crippen LogP contribution is 2.28. The van der Waals surface area contributed by atoms with Crippen LogP contribution >= 0.6 is 23.2 Å². The van der Waals surface area contributed by atoms with E-state index in [2.05, 4.69) is 12.1 Å². The molecule has 2 aromatic carbocycles. The van der Waals surface area contributed by atoms with Crippen molar-refractivity contribution in [1.82, 2.24) is 0 Å². The minimum atomic E-state index is 0.0568. The first-order valence-electron chi connectivity index (χ1n) is 6.72. The molecule has 1 nitrogen and oxygen atoms in total. The zero-order valence-corrected chi connectivity index (χ0v) is 13.0. The van der Waals surface area contributed by atoms with Gasteiger partial charge in [0, 0.05) is 5.02 Å². The van der Waals surface area contributed by atoms with Crippen LogP contribution in [0.3, 0.4) is 0 Å². The predicted molar refractivity (Wildman–Crippen MR) is 86.0 cm³/mol. The summed E-state index contributed by atoms with van der Waals surface area (Å²) in [5.74, 6) is 0.889. The summed E-state index contributed by atoms with van der Waals surface area (Å²) < 4.78 is 5.35. The van der Waals surface area contributed by atoms with Crippen LogP contribution in [0.1, 0.15) is 29.3 Å². The zero-order chi connectivity index (χ0) is 14.4. The second-order valence-electron chi connectivity index (χ2n) is 4.73. The van der Waals surface area contributed by atoms with Gasteiger partial charge in [-0.25, -0.2) is 0 Å². The van der Waals surface area contributed by atoms with Crippen molar-refractivity contribution in [2.45, 2.75) is 24.6 Å². The van der Waals surface area contributed by atoms with Gasteiger partial charge in [0.05, 0.1) is 12.5 Å². The van der Waals surface area contributed by atoms with Crippen molar-refractivity contribution in [3.05, 3.63) is 64.7 Å². The second kappa shape index (κ2) is 7.56. The van der Waals surface area contributed by atoms with Gasteiger partial charge >= 0.3 is 0 Å². The molecule has 106 valence electrons. The van der Waals surface area contributed by atoms with Crippen molar-refractivity contribution in [3.8, 4) is 5.75 Å². The zero-order valence-electron chi connectivity index (χ0n) is 11.5. The maximum Gasteiger partial charge on any atom is 0.122 e. The van der Waals surface area contributed by atoms with Crippen LogP contribution in [0, 0.1) is 0 Å². The maximum atomic E-state index is 6.42. The van der Waals surface area contributed by atoms with Gasteiger partial charge in [0.15, 0.2) is 0 Å². The molecule has 2 aromatic rings. The number of alkyl halides is 1. The molecule has 0 spiro atoms. The summed E-state index contributed by atoms with van der Waals surface area (Å²) in [6.45, 7) is 0. The highest BCUT2D eigenvalue weighted by molar-refractivity contribution is 6.30. The van der Waals surface area contributed by atoms with Crippen LogP contribution in [-0.2, 0) is 6.42 Å². The molecule has 0 aliphatic rings. The van der Waals surface area contributed by atoms with Gasteiger partial charge in [-0.1, -0.05) is 41.9 Å². The first-order valence-corrected chi connectivity index (χ1v) is 7.53. The fourth-order valence-corrected chi connectivity index (χ4v) is 2.74. The van der Waals surface area contributed by atoms with Gasteiger partial charge in [0.25, 0.3) is 0 Å². The number of halogens is 2. The Labute approximate surface area is 130 Å². The third kappa shape index (κ3) is 4.16. The first kappa shape index (κ1) is 15.2. The average Bonchev–Trinajstić information content (AvgIpc) is 2.48. The van der Waals surface area contributed by atoms with Gasteiger partial charge in [-0.05, 0) is 48.6 Å². The van der Waals surface area contributed by atoms with Crippen molar-refractivity contribution in [3.63, 3.8) is 0 Å². The first-order chi connectivity index (χ1) is 9.70. The molecule has 20 heavy (non-hydrogen) atoms. The average molecular weight is 309 g/mol. The lowest BCUT2D eigenvalue weighted by Gasteiger charge is -2.11. The van der Waals surface area contributed by atoms with E-state index in [1.165, 1.54) is 5.56 Å². The highest BCUT2D eigenvalue weighted by atomic mass is 35.5. The van der Waals surface area contributed by atoms with E-state index in [4.69, 9.17) is 27.9 Å². The minimum Gasteiger partial charge on any atom is -0.496 e. The third-order valence-corrected chi connectivity index (χ3v) is 4.01. The van der Waals surface area contributed by atoms with Crippen molar-refractivity contribution >= 4 is 23.2 Å². The van der Waals surface area contributed by atoms with Crippen LogP contribution in [0.15, 0.2) is 48.5 Å². The number of hydrogen-bond acceptors (Lipinski definition) is 1. The van der Waals surface area contributed by atoms with Crippen LogP contribution in [0.5, 0.6) is 5.75 Å². The van der Waals surface area contributed by atoms with Crippen LogP contribution in [0.25, 0.3) is 0 Å². The molecule has 0 saturated carbocycles. The quantitative estimate of drug-likeness (QED) is 0.626. The molecule has 0 aliphatic heterocycles. The molecule has 2 rings (SSSR count). The van der Waals surface area contributed by atoms with E-state index in [9.17, 15) is 0 Å². The number of ether oxygens (including phenoxy) is 1. The lowest BCUT2D eigenvalue weighted by molar-refractivity contribution is 0.409. The Kier molecular flexibility index (Phi) is 5.75. The lowest BCUT2D eigenvalue weighted by Crippen LogP contribution is -1.95. The number of rotatable bonds is 6. The molecule has 0 fully saturated rings. The minimum absolute atomic E-state index is 0.0568. The Morgan fingerprint density at radius 2 is 1.85 bits per heavy atom. The summed E-state index contributed by atoms with van der Waals surface area (Å²) in [6.07, 6.45) is 2.85. The second-order valence-corrected chi connectivity index (χ2v) is 5.69. The molecular weight excluding hydrogens is 291 g/mol. The van der Waals surface area contributed by atoms with Gasteiger partial charge in [0.1, 0.15) is 5.75 Å². The third-order valence-electron chi connectivity index (χ3n) is 3.31. The number of benzene rings is 2. The molecule has 0 radical (unpaired) electrons. The van der Waals surface area contributed by atoms with Gasteiger partial charge in [-0.3, -0.25) is 0 Å². The van der Waals surface area contributed by atoms with Crippen molar-refractivity contribution in [2.75, 3.05) is 7.11 Å². The molecule has 0 amide bonds. The normalized spacial score (nSPS) is 12.2. The molecule has 0 aromatic heterocycles. The van der Waals surface area contributed by atoms with Crippen molar-refractivity contribution < 1.29 is 4.74 Å². The highest BCUT2D eigenvalue weighted by Gasteiger charge is 2.09. The van der Waals surface area contributed by atoms with E-state index in [0.29, 0.717) is 0 Å². The number of aryl methyl sites for hydroxylation is 1. The predicted octanol–water partition coefficient (Wildman–Crippen LogP) is 5.65. The van der Waals surface area contributed by atoms with E-state index in [1.807, 2.05) is 36.4 Å². The lowest BCUT2D eigenvalue weighted by atomic mass is 10.0. The summed E-state index contributed by atoms with van der Waals surface area (Å²) in [5.41, 5.74) is 2.31.